The van der Waals surface area contributed by atoms with E-state index in [0.29, 0.717) is 24.2 Å². The van der Waals surface area contributed by atoms with E-state index in [1.54, 1.807) is 0 Å². The summed E-state index contributed by atoms with van der Waals surface area (Å²) in [5, 5.41) is 6.28. The minimum Gasteiger partial charge on any atom is -0.375 e. The average Bonchev–Trinajstić information content (AvgIpc) is 3.22. The molecule has 2 aliphatic heterocycles. The van der Waals surface area contributed by atoms with E-state index in [1.807, 2.05) is 0 Å². The molecular formula is C18H30N2O2. The predicted molar refractivity (Wildman–Crippen MR) is 85.6 cm³/mol. The van der Waals surface area contributed by atoms with Crippen molar-refractivity contribution in [2.45, 2.75) is 82.5 Å². The number of ether oxygens (including phenoxy) is 1. The summed E-state index contributed by atoms with van der Waals surface area (Å²) in [6.07, 6.45) is 13.7. The van der Waals surface area contributed by atoms with Gasteiger partial charge in [0.1, 0.15) is 0 Å². The first-order valence-electron chi connectivity index (χ1n) is 9.48. The molecule has 2 aliphatic carbocycles. The van der Waals surface area contributed by atoms with Gasteiger partial charge in [-0.15, -0.1) is 0 Å². The molecule has 4 aliphatic rings. The van der Waals surface area contributed by atoms with Crippen LogP contribution < -0.4 is 10.6 Å². The van der Waals surface area contributed by atoms with Crippen LogP contribution in [0.4, 0.5) is 4.79 Å². The molecule has 6 atom stereocenters. The minimum atomic E-state index is 0.0468. The Morgan fingerprint density at radius 3 is 2.73 bits per heavy atom. The molecule has 0 spiro atoms. The van der Waals surface area contributed by atoms with E-state index in [-0.39, 0.29) is 6.03 Å². The van der Waals surface area contributed by atoms with Crippen LogP contribution >= 0.6 is 0 Å². The monoisotopic (exact) mass is 306 g/mol. The van der Waals surface area contributed by atoms with E-state index in [4.69, 9.17) is 4.74 Å². The number of hydrogen-bond acceptors (Lipinski definition) is 2. The lowest BCUT2D eigenvalue weighted by molar-refractivity contribution is 0.0913. The first kappa shape index (κ1) is 14.8. The van der Waals surface area contributed by atoms with Gasteiger partial charge in [-0.1, -0.05) is 19.3 Å². The van der Waals surface area contributed by atoms with Crippen molar-refractivity contribution in [2.75, 3.05) is 6.54 Å². The summed E-state index contributed by atoms with van der Waals surface area (Å²) in [5.41, 5.74) is 0. The van der Waals surface area contributed by atoms with Crippen LogP contribution in [0, 0.1) is 17.8 Å². The smallest absolute Gasteiger partial charge is 0.315 e. The van der Waals surface area contributed by atoms with Gasteiger partial charge in [0.25, 0.3) is 0 Å². The second-order valence-electron chi connectivity index (χ2n) is 8.02. The van der Waals surface area contributed by atoms with E-state index in [2.05, 4.69) is 10.6 Å². The third kappa shape index (κ3) is 3.12. The standard InChI is InChI=1S/C18H30N2O2/c21-18(19-9-8-14-11-16-6-7-17(14)22-16)20-15-5-4-12-2-1-3-13(12)10-15/h12-17H,1-11H2,(H2,19,20,21). The SMILES string of the molecule is O=C(NCCC1CC2CCC1O2)NC1CCC2CCCC2C1. The molecule has 6 unspecified atom stereocenters. The number of urea groups is 1. The van der Waals surface area contributed by atoms with E-state index >= 15 is 0 Å². The number of rotatable bonds is 4. The molecule has 0 aromatic carbocycles. The highest BCUT2D eigenvalue weighted by Gasteiger charge is 2.40. The number of carbonyl (C=O) groups is 1. The van der Waals surface area contributed by atoms with Crippen LogP contribution in [0.2, 0.25) is 0 Å². The fraction of sp³-hybridized carbons (Fsp3) is 0.944. The molecule has 0 aromatic heterocycles. The van der Waals surface area contributed by atoms with Gasteiger partial charge in [-0.2, -0.15) is 0 Å². The van der Waals surface area contributed by atoms with Gasteiger partial charge < -0.3 is 15.4 Å². The fourth-order valence-electron chi connectivity index (χ4n) is 5.49. The maximum absolute atomic E-state index is 12.1. The molecule has 4 fully saturated rings. The van der Waals surface area contributed by atoms with Crippen molar-refractivity contribution in [2.24, 2.45) is 17.8 Å². The molecular weight excluding hydrogens is 276 g/mol. The van der Waals surface area contributed by atoms with Crippen LogP contribution in [0.1, 0.15) is 64.2 Å². The normalized spacial score (nSPS) is 43.1. The molecule has 2 bridgehead atoms. The molecule has 2 saturated heterocycles. The van der Waals surface area contributed by atoms with Gasteiger partial charge in [0, 0.05) is 12.6 Å². The molecule has 4 heteroatoms. The molecule has 124 valence electrons. The zero-order valence-corrected chi connectivity index (χ0v) is 13.6. The first-order chi connectivity index (χ1) is 10.8. The Bertz CT molecular complexity index is 414. The summed E-state index contributed by atoms with van der Waals surface area (Å²) in [5.74, 6) is 2.51. The molecule has 2 N–H and O–H groups in total. The second-order valence-corrected chi connectivity index (χ2v) is 8.02. The lowest BCUT2D eigenvalue weighted by Gasteiger charge is -2.32. The predicted octanol–water partition coefficient (Wildman–Crippen LogP) is 3.21. The highest BCUT2D eigenvalue weighted by molar-refractivity contribution is 5.74. The van der Waals surface area contributed by atoms with Crippen molar-refractivity contribution in [3.05, 3.63) is 0 Å². The second kappa shape index (κ2) is 6.38. The van der Waals surface area contributed by atoms with Crippen LogP contribution in [0.5, 0.6) is 0 Å². The van der Waals surface area contributed by atoms with Gasteiger partial charge >= 0.3 is 6.03 Å². The van der Waals surface area contributed by atoms with Crippen LogP contribution in [0.25, 0.3) is 0 Å². The van der Waals surface area contributed by atoms with Crippen LogP contribution in [0.15, 0.2) is 0 Å². The molecule has 4 nitrogen and oxygen atoms in total. The topological polar surface area (TPSA) is 50.4 Å². The first-order valence-corrected chi connectivity index (χ1v) is 9.48. The zero-order valence-electron chi connectivity index (χ0n) is 13.6. The minimum absolute atomic E-state index is 0.0468. The fourth-order valence-corrected chi connectivity index (χ4v) is 5.49. The molecule has 22 heavy (non-hydrogen) atoms. The summed E-state index contributed by atoms with van der Waals surface area (Å²) < 4.78 is 5.88. The lowest BCUT2D eigenvalue weighted by atomic mass is 9.79. The van der Waals surface area contributed by atoms with E-state index in [0.717, 1.165) is 24.8 Å². The quantitative estimate of drug-likeness (QED) is 0.838. The van der Waals surface area contributed by atoms with Crippen molar-refractivity contribution in [3.8, 4) is 0 Å². The molecule has 2 saturated carbocycles. The van der Waals surface area contributed by atoms with E-state index < -0.39 is 0 Å². The number of amides is 2. The van der Waals surface area contributed by atoms with Gasteiger partial charge in [-0.3, -0.25) is 0 Å². The van der Waals surface area contributed by atoms with Gasteiger partial charge in [-0.25, -0.2) is 4.79 Å². The number of fused-ring (bicyclic) bond motifs is 3. The molecule has 0 aromatic rings. The van der Waals surface area contributed by atoms with Crippen molar-refractivity contribution in [3.63, 3.8) is 0 Å². The molecule has 2 amide bonds. The number of hydrogen-bond donors (Lipinski definition) is 2. The van der Waals surface area contributed by atoms with Crippen molar-refractivity contribution < 1.29 is 9.53 Å². The Balaban J connectivity index is 1.14. The third-order valence-corrected chi connectivity index (χ3v) is 6.66. The van der Waals surface area contributed by atoms with Crippen molar-refractivity contribution >= 4 is 6.03 Å². The van der Waals surface area contributed by atoms with Crippen LogP contribution in [-0.4, -0.2) is 30.8 Å². The Hall–Kier alpha value is -0.770. The summed E-state index contributed by atoms with van der Waals surface area (Å²) in [6, 6.07) is 0.454. The van der Waals surface area contributed by atoms with Gasteiger partial charge in [-0.05, 0) is 62.7 Å². The van der Waals surface area contributed by atoms with E-state index in [1.165, 1.54) is 57.8 Å². The molecule has 0 radical (unpaired) electrons. The largest absolute Gasteiger partial charge is 0.375 e. The number of nitrogens with one attached hydrogen (secondary N) is 2. The Morgan fingerprint density at radius 1 is 1.00 bits per heavy atom. The van der Waals surface area contributed by atoms with Crippen molar-refractivity contribution in [1.29, 1.82) is 0 Å². The Kier molecular flexibility index (Phi) is 4.29. The summed E-state index contributed by atoms with van der Waals surface area (Å²) in [7, 11) is 0. The Labute approximate surface area is 133 Å². The maximum atomic E-state index is 12.1. The summed E-state index contributed by atoms with van der Waals surface area (Å²) in [4.78, 5) is 12.1. The van der Waals surface area contributed by atoms with Gasteiger partial charge in [0.15, 0.2) is 0 Å². The molecule has 4 rings (SSSR count). The lowest BCUT2D eigenvalue weighted by Crippen LogP contribution is -2.45. The highest BCUT2D eigenvalue weighted by Crippen LogP contribution is 2.42. The summed E-state index contributed by atoms with van der Waals surface area (Å²) >= 11 is 0. The van der Waals surface area contributed by atoms with Gasteiger partial charge in [0.2, 0.25) is 0 Å². The number of carbonyl (C=O) groups excluding carboxylic acids is 1. The molecule has 2 heterocycles. The van der Waals surface area contributed by atoms with E-state index in [9.17, 15) is 4.79 Å². The van der Waals surface area contributed by atoms with Crippen LogP contribution in [-0.2, 0) is 4.74 Å². The Morgan fingerprint density at radius 2 is 1.91 bits per heavy atom. The third-order valence-electron chi connectivity index (χ3n) is 6.66. The highest BCUT2D eigenvalue weighted by atomic mass is 16.5. The average molecular weight is 306 g/mol. The maximum Gasteiger partial charge on any atom is 0.315 e. The zero-order chi connectivity index (χ0) is 14.9. The van der Waals surface area contributed by atoms with Gasteiger partial charge in [0.05, 0.1) is 12.2 Å². The summed E-state index contributed by atoms with van der Waals surface area (Å²) in [6.45, 7) is 0.794. The van der Waals surface area contributed by atoms with Crippen molar-refractivity contribution in [1.82, 2.24) is 10.6 Å². The van der Waals surface area contributed by atoms with Crippen LogP contribution in [0.3, 0.4) is 0 Å².